The highest BCUT2D eigenvalue weighted by atomic mass is 35.5. The van der Waals surface area contributed by atoms with Crippen LogP contribution in [-0.2, 0) is 0 Å². The Balaban J connectivity index is 1.87. The maximum atomic E-state index is 13.4. The van der Waals surface area contributed by atoms with Crippen molar-refractivity contribution in [3.05, 3.63) is 80.7 Å². The summed E-state index contributed by atoms with van der Waals surface area (Å²) in [6, 6.07) is 14.1. The summed E-state index contributed by atoms with van der Waals surface area (Å²) in [5.74, 6) is -0.0809. The van der Waals surface area contributed by atoms with Gasteiger partial charge < -0.3 is 14.2 Å². The average molecular weight is 412 g/mol. The van der Waals surface area contributed by atoms with E-state index >= 15 is 0 Å². The quantitative estimate of drug-likeness (QED) is 0.678. The minimum absolute atomic E-state index is 0.147. The van der Waals surface area contributed by atoms with E-state index in [9.17, 15) is 9.59 Å². The standard InChI is InChI=1S/C23H23ClN2O3/c1-3-25(4-2)12-13-26-20(15-8-6-5-7-9-15)19-21(27)17-14-16(24)10-11-18(17)29-22(19)23(26)28/h5-11,14,20H,3-4,12-13H2,1-2H3/p+1/t20-/m0/s1. The van der Waals surface area contributed by atoms with Crippen molar-refractivity contribution in [3.8, 4) is 0 Å². The molecule has 0 spiro atoms. The van der Waals surface area contributed by atoms with E-state index in [4.69, 9.17) is 16.0 Å². The predicted octanol–water partition coefficient (Wildman–Crippen LogP) is 2.92. The zero-order valence-electron chi connectivity index (χ0n) is 16.6. The molecule has 1 aliphatic heterocycles. The lowest BCUT2D eigenvalue weighted by molar-refractivity contribution is -0.895. The van der Waals surface area contributed by atoms with Gasteiger partial charge in [-0.3, -0.25) is 9.59 Å². The third-order valence-corrected chi connectivity index (χ3v) is 5.98. The first kappa shape index (κ1) is 19.7. The summed E-state index contributed by atoms with van der Waals surface area (Å²) in [6.07, 6.45) is 0. The van der Waals surface area contributed by atoms with Crippen molar-refractivity contribution < 1.29 is 14.1 Å². The molecule has 3 aromatic rings. The minimum atomic E-state index is -0.451. The molecule has 0 unspecified atom stereocenters. The molecular weight excluding hydrogens is 388 g/mol. The molecule has 0 aliphatic carbocycles. The summed E-state index contributed by atoms with van der Waals surface area (Å²) < 4.78 is 5.94. The van der Waals surface area contributed by atoms with Crippen LogP contribution in [0.4, 0.5) is 0 Å². The van der Waals surface area contributed by atoms with E-state index in [0.717, 1.165) is 25.2 Å². The van der Waals surface area contributed by atoms with E-state index in [1.807, 2.05) is 30.3 Å². The van der Waals surface area contributed by atoms with E-state index in [2.05, 4.69) is 13.8 Å². The number of nitrogens with one attached hydrogen (secondary N) is 1. The molecular formula is C23H24ClN2O3+. The molecule has 4 rings (SSSR count). The Morgan fingerprint density at radius 2 is 1.79 bits per heavy atom. The van der Waals surface area contributed by atoms with Crippen molar-refractivity contribution in [1.29, 1.82) is 0 Å². The summed E-state index contributed by atoms with van der Waals surface area (Å²) in [6.45, 7) is 7.61. The molecule has 1 aliphatic rings. The molecule has 0 fully saturated rings. The maximum Gasteiger partial charge on any atom is 0.291 e. The van der Waals surface area contributed by atoms with Crippen molar-refractivity contribution in [2.45, 2.75) is 19.9 Å². The predicted molar refractivity (Wildman–Crippen MR) is 114 cm³/mol. The minimum Gasteiger partial charge on any atom is -0.450 e. The Labute approximate surface area is 174 Å². The van der Waals surface area contributed by atoms with E-state index in [-0.39, 0.29) is 17.1 Å². The van der Waals surface area contributed by atoms with E-state index < -0.39 is 6.04 Å². The monoisotopic (exact) mass is 411 g/mol. The lowest BCUT2D eigenvalue weighted by Crippen LogP contribution is -3.12. The number of halogens is 1. The van der Waals surface area contributed by atoms with Gasteiger partial charge in [0.25, 0.3) is 5.91 Å². The molecule has 1 atom stereocenters. The van der Waals surface area contributed by atoms with Gasteiger partial charge >= 0.3 is 0 Å². The number of carbonyl (C=O) groups excluding carboxylic acids is 1. The topological polar surface area (TPSA) is 55.0 Å². The Kier molecular flexibility index (Phi) is 5.43. The van der Waals surface area contributed by atoms with Gasteiger partial charge in [-0.15, -0.1) is 0 Å². The number of likely N-dealkylation sites (N-methyl/N-ethyl adjacent to an activating group) is 1. The highest BCUT2D eigenvalue weighted by molar-refractivity contribution is 6.31. The smallest absolute Gasteiger partial charge is 0.291 e. The summed E-state index contributed by atoms with van der Waals surface area (Å²) >= 11 is 6.11. The van der Waals surface area contributed by atoms with Gasteiger partial charge in [0.2, 0.25) is 5.76 Å². The number of benzene rings is 2. The average Bonchev–Trinajstić information content (AvgIpc) is 3.02. The first-order valence-electron chi connectivity index (χ1n) is 10.0. The van der Waals surface area contributed by atoms with Crippen LogP contribution in [0.5, 0.6) is 0 Å². The number of fused-ring (bicyclic) bond motifs is 2. The van der Waals surface area contributed by atoms with Crippen LogP contribution in [-0.4, -0.2) is 37.0 Å². The lowest BCUT2D eigenvalue weighted by Gasteiger charge is -2.26. The molecule has 1 N–H and O–H groups in total. The molecule has 6 heteroatoms. The maximum absolute atomic E-state index is 13.4. The van der Waals surface area contributed by atoms with Crippen LogP contribution in [0.15, 0.2) is 57.7 Å². The van der Waals surface area contributed by atoms with Crippen LogP contribution in [0, 0.1) is 0 Å². The molecule has 1 amide bonds. The largest absolute Gasteiger partial charge is 0.450 e. The number of carbonyl (C=O) groups is 1. The SMILES string of the molecule is CC[NH+](CC)CCN1C(=O)c2oc3ccc(Cl)cc3c(=O)c2[C@@H]1c1ccccc1. The molecule has 29 heavy (non-hydrogen) atoms. The fourth-order valence-electron chi connectivity index (χ4n) is 4.09. The summed E-state index contributed by atoms with van der Waals surface area (Å²) in [7, 11) is 0. The number of hydrogen-bond donors (Lipinski definition) is 1. The molecule has 0 saturated carbocycles. The van der Waals surface area contributed by atoms with Crippen LogP contribution < -0.4 is 10.3 Å². The molecule has 2 aromatic carbocycles. The molecule has 1 aromatic heterocycles. The Bertz CT molecular complexity index is 1110. The second-order valence-corrected chi connectivity index (χ2v) is 7.77. The number of quaternary nitrogens is 1. The van der Waals surface area contributed by atoms with E-state index in [0.29, 0.717) is 28.1 Å². The van der Waals surface area contributed by atoms with E-state index in [1.54, 1.807) is 23.1 Å². The third kappa shape index (κ3) is 3.45. The van der Waals surface area contributed by atoms with Crippen molar-refractivity contribution in [1.82, 2.24) is 4.90 Å². The van der Waals surface area contributed by atoms with Crippen LogP contribution in [0.3, 0.4) is 0 Å². The Morgan fingerprint density at radius 3 is 2.48 bits per heavy atom. The van der Waals surface area contributed by atoms with Crippen molar-refractivity contribution in [3.63, 3.8) is 0 Å². The van der Waals surface area contributed by atoms with Crippen molar-refractivity contribution in [2.75, 3.05) is 26.2 Å². The number of rotatable bonds is 6. The number of hydrogen-bond acceptors (Lipinski definition) is 3. The number of nitrogens with zero attached hydrogens (tertiary/aromatic N) is 1. The summed E-state index contributed by atoms with van der Waals surface area (Å²) in [5, 5.41) is 0.869. The molecule has 2 heterocycles. The van der Waals surface area contributed by atoms with Gasteiger partial charge in [-0.2, -0.15) is 0 Å². The fourth-order valence-corrected chi connectivity index (χ4v) is 4.26. The molecule has 0 bridgehead atoms. The van der Waals surface area contributed by atoms with Gasteiger partial charge in [0, 0.05) is 5.02 Å². The highest BCUT2D eigenvalue weighted by Gasteiger charge is 2.42. The van der Waals surface area contributed by atoms with Gasteiger partial charge in [-0.1, -0.05) is 41.9 Å². The summed E-state index contributed by atoms with van der Waals surface area (Å²) in [5.41, 5.74) is 1.51. The van der Waals surface area contributed by atoms with Crippen molar-refractivity contribution >= 4 is 28.5 Å². The van der Waals surface area contributed by atoms with Gasteiger partial charge in [0.1, 0.15) is 5.58 Å². The van der Waals surface area contributed by atoms with Crippen molar-refractivity contribution in [2.24, 2.45) is 0 Å². The van der Waals surface area contributed by atoms with Crippen LogP contribution >= 0.6 is 11.6 Å². The first-order chi connectivity index (χ1) is 14.0. The van der Waals surface area contributed by atoms with Gasteiger partial charge in [0.15, 0.2) is 5.43 Å². The van der Waals surface area contributed by atoms with E-state index in [1.165, 1.54) is 4.90 Å². The zero-order chi connectivity index (χ0) is 20.5. The van der Waals surface area contributed by atoms with Crippen LogP contribution in [0.25, 0.3) is 11.0 Å². The molecule has 0 radical (unpaired) electrons. The number of amides is 1. The van der Waals surface area contributed by atoms with Gasteiger partial charge in [0.05, 0.1) is 43.2 Å². The highest BCUT2D eigenvalue weighted by Crippen LogP contribution is 2.37. The zero-order valence-corrected chi connectivity index (χ0v) is 17.3. The van der Waals surface area contributed by atoms with Crippen LogP contribution in [0.2, 0.25) is 5.02 Å². The summed E-state index contributed by atoms with van der Waals surface area (Å²) in [4.78, 5) is 29.9. The third-order valence-electron chi connectivity index (χ3n) is 5.75. The Hall–Kier alpha value is -2.63. The Morgan fingerprint density at radius 1 is 1.07 bits per heavy atom. The second kappa shape index (κ2) is 8.01. The molecule has 0 saturated heterocycles. The normalized spacial score (nSPS) is 16.1. The fraction of sp³-hybridized carbons (Fsp3) is 0.304. The van der Waals surface area contributed by atoms with Crippen LogP contribution in [0.1, 0.15) is 41.6 Å². The molecule has 5 nitrogen and oxygen atoms in total. The molecule has 150 valence electrons. The first-order valence-corrected chi connectivity index (χ1v) is 10.4. The lowest BCUT2D eigenvalue weighted by atomic mass is 9.98. The van der Waals surface area contributed by atoms with Gasteiger partial charge in [-0.05, 0) is 37.6 Å². The van der Waals surface area contributed by atoms with Gasteiger partial charge in [-0.25, -0.2) is 0 Å². The second-order valence-electron chi connectivity index (χ2n) is 7.33.